The third-order valence-electron chi connectivity index (χ3n) is 4.04. The quantitative estimate of drug-likeness (QED) is 0.328. The number of hydrogen-bond acceptors (Lipinski definition) is 6. The van der Waals surface area contributed by atoms with Crippen molar-refractivity contribution in [1.82, 2.24) is 4.98 Å². The number of carbonyl (C=O) groups excluding carboxylic acids is 1. The van der Waals surface area contributed by atoms with E-state index >= 15 is 0 Å². The zero-order valence-electron chi connectivity index (χ0n) is 14.7. The molecular weight excluding hydrogens is 354 g/mol. The second-order valence-electron chi connectivity index (χ2n) is 5.95. The van der Waals surface area contributed by atoms with Crippen LogP contribution >= 0.6 is 0 Å². The molecule has 0 saturated carbocycles. The molecule has 136 valence electrons. The predicted octanol–water partition coefficient (Wildman–Crippen LogP) is 3.89. The Labute approximate surface area is 160 Å². The minimum atomic E-state index is -0.725. The van der Waals surface area contributed by atoms with Crippen LogP contribution in [0.5, 0.6) is 0 Å². The molecule has 0 aliphatic rings. The highest BCUT2D eigenvalue weighted by atomic mass is 16.4. The molecule has 4 rings (SSSR count). The van der Waals surface area contributed by atoms with E-state index in [9.17, 15) is 9.59 Å². The lowest BCUT2D eigenvalue weighted by Crippen LogP contribution is -2.26. The Bertz CT molecular complexity index is 1220. The van der Waals surface area contributed by atoms with Gasteiger partial charge in [0.05, 0.1) is 5.69 Å². The van der Waals surface area contributed by atoms with Crippen molar-refractivity contribution >= 4 is 28.3 Å². The molecule has 4 aromatic rings. The molecule has 0 saturated heterocycles. The molecule has 1 heterocycles. The van der Waals surface area contributed by atoms with Gasteiger partial charge in [0.25, 0.3) is 0 Å². The summed E-state index contributed by atoms with van der Waals surface area (Å²) in [6.07, 6.45) is 0. The zero-order chi connectivity index (χ0) is 19.3. The molecule has 0 amide bonds. The van der Waals surface area contributed by atoms with E-state index < -0.39 is 11.4 Å². The Kier molecular flexibility index (Phi) is 4.76. The molecule has 0 radical (unpaired) electrons. The van der Waals surface area contributed by atoms with E-state index in [0.29, 0.717) is 22.4 Å². The number of fused-ring (bicyclic) bond motifs is 1. The van der Waals surface area contributed by atoms with Crippen LogP contribution in [0, 0.1) is 0 Å². The molecule has 1 N–H and O–H groups in total. The van der Waals surface area contributed by atoms with Crippen LogP contribution in [-0.2, 0) is 0 Å². The summed E-state index contributed by atoms with van der Waals surface area (Å²) in [5.74, 6) is -0.431. The van der Waals surface area contributed by atoms with Gasteiger partial charge in [-0.2, -0.15) is 5.10 Å². The molecule has 0 spiro atoms. The highest BCUT2D eigenvalue weighted by Crippen LogP contribution is 2.12. The fraction of sp³-hybridized carbons (Fsp3) is 0. The summed E-state index contributed by atoms with van der Waals surface area (Å²) in [4.78, 5) is 29.9. The first-order valence-electron chi connectivity index (χ1n) is 8.61. The van der Waals surface area contributed by atoms with E-state index in [4.69, 9.17) is 4.42 Å². The van der Waals surface area contributed by atoms with E-state index in [2.05, 4.69) is 15.5 Å². The van der Waals surface area contributed by atoms with Crippen LogP contribution < -0.4 is 11.1 Å². The fourth-order valence-electron chi connectivity index (χ4n) is 2.67. The largest absolute Gasteiger partial charge is 0.419 e. The third kappa shape index (κ3) is 3.57. The van der Waals surface area contributed by atoms with Crippen LogP contribution in [0.25, 0.3) is 11.1 Å². The van der Waals surface area contributed by atoms with Crippen LogP contribution in [-0.4, -0.2) is 16.5 Å². The average Bonchev–Trinajstić information content (AvgIpc) is 2.75. The van der Waals surface area contributed by atoms with Gasteiger partial charge in [0, 0.05) is 5.56 Å². The molecular formula is C22H15N3O3. The van der Waals surface area contributed by atoms with Gasteiger partial charge in [-0.3, -0.25) is 10.2 Å². The Morgan fingerprint density at radius 1 is 0.857 bits per heavy atom. The van der Waals surface area contributed by atoms with Crippen LogP contribution in [0.2, 0.25) is 0 Å². The van der Waals surface area contributed by atoms with Gasteiger partial charge in [-0.25, -0.2) is 9.78 Å². The number of nitrogens with one attached hydrogen (secondary N) is 1. The lowest BCUT2D eigenvalue weighted by Gasteiger charge is -2.07. The van der Waals surface area contributed by atoms with Gasteiger partial charge in [0.2, 0.25) is 5.78 Å². The van der Waals surface area contributed by atoms with Crippen molar-refractivity contribution < 1.29 is 9.21 Å². The number of para-hydroxylation sites is 3. The number of carbonyl (C=O) groups is 1. The van der Waals surface area contributed by atoms with Crippen LogP contribution in [0.4, 0.5) is 5.69 Å². The molecule has 6 heteroatoms. The summed E-state index contributed by atoms with van der Waals surface area (Å²) in [6, 6.07) is 24.6. The van der Waals surface area contributed by atoms with Gasteiger partial charge in [-0.05, 0) is 24.3 Å². The summed E-state index contributed by atoms with van der Waals surface area (Å²) >= 11 is 0. The van der Waals surface area contributed by atoms with Crippen molar-refractivity contribution in [3.05, 3.63) is 107 Å². The SMILES string of the molecule is O=C(C(=NNc1ccccc1)c1nc2ccccc2oc1=O)c1ccccc1. The standard InChI is InChI=1S/C22H15N3O3/c26-21(15-9-3-1-4-10-15)19(25-24-16-11-5-2-6-12-16)20-22(27)28-18-14-8-7-13-17(18)23-20/h1-14,24H. The normalized spacial score (nSPS) is 11.4. The summed E-state index contributed by atoms with van der Waals surface area (Å²) in [7, 11) is 0. The van der Waals surface area contributed by atoms with Gasteiger partial charge >= 0.3 is 5.63 Å². The van der Waals surface area contributed by atoms with Crippen molar-refractivity contribution in [2.45, 2.75) is 0 Å². The number of hydrazone groups is 1. The monoisotopic (exact) mass is 369 g/mol. The maximum absolute atomic E-state index is 13.1. The Morgan fingerprint density at radius 2 is 1.50 bits per heavy atom. The van der Waals surface area contributed by atoms with Crippen molar-refractivity contribution in [2.75, 3.05) is 5.43 Å². The van der Waals surface area contributed by atoms with Gasteiger partial charge in [0.1, 0.15) is 5.52 Å². The van der Waals surface area contributed by atoms with Gasteiger partial charge in [0.15, 0.2) is 17.0 Å². The second-order valence-corrected chi connectivity index (χ2v) is 5.95. The van der Waals surface area contributed by atoms with Crippen molar-refractivity contribution in [1.29, 1.82) is 0 Å². The van der Waals surface area contributed by atoms with Crippen LogP contribution in [0.3, 0.4) is 0 Å². The number of anilines is 1. The number of rotatable bonds is 5. The molecule has 0 aliphatic heterocycles. The number of benzene rings is 3. The molecule has 0 bridgehead atoms. The molecule has 0 aliphatic carbocycles. The number of hydrogen-bond donors (Lipinski definition) is 1. The molecule has 28 heavy (non-hydrogen) atoms. The van der Waals surface area contributed by atoms with E-state index in [1.165, 1.54) is 0 Å². The lowest BCUT2D eigenvalue weighted by atomic mass is 10.0. The third-order valence-corrected chi connectivity index (χ3v) is 4.04. The molecule has 0 unspecified atom stereocenters. The van der Waals surface area contributed by atoms with Gasteiger partial charge in [-0.1, -0.05) is 60.7 Å². The molecule has 1 aromatic heterocycles. The first kappa shape index (κ1) is 17.4. The maximum Gasteiger partial charge on any atom is 0.364 e. The number of nitrogens with zero attached hydrogens (tertiary/aromatic N) is 2. The molecule has 0 atom stereocenters. The van der Waals surface area contributed by atoms with E-state index in [-0.39, 0.29) is 11.4 Å². The van der Waals surface area contributed by atoms with Crippen molar-refractivity contribution in [2.24, 2.45) is 5.10 Å². The number of ketones is 1. The Morgan fingerprint density at radius 3 is 2.25 bits per heavy atom. The van der Waals surface area contributed by atoms with Gasteiger partial charge < -0.3 is 4.42 Å². The minimum Gasteiger partial charge on any atom is -0.419 e. The van der Waals surface area contributed by atoms with Crippen LogP contribution in [0.1, 0.15) is 16.1 Å². The fourth-order valence-corrected chi connectivity index (χ4v) is 2.67. The summed E-state index contributed by atoms with van der Waals surface area (Å²) in [5, 5.41) is 4.20. The number of Topliss-reactive ketones (excluding diaryl/α,β-unsaturated/α-hetero) is 1. The lowest BCUT2D eigenvalue weighted by molar-refractivity contribution is 0.106. The first-order chi connectivity index (χ1) is 13.7. The van der Waals surface area contributed by atoms with Gasteiger partial charge in [-0.15, -0.1) is 0 Å². The highest BCUT2D eigenvalue weighted by Gasteiger charge is 2.23. The highest BCUT2D eigenvalue weighted by molar-refractivity contribution is 6.51. The van der Waals surface area contributed by atoms with Crippen molar-refractivity contribution in [3.63, 3.8) is 0 Å². The zero-order valence-corrected chi connectivity index (χ0v) is 14.7. The summed E-state index contributed by atoms with van der Waals surface area (Å²) in [5.41, 5.74) is 3.71. The molecule has 6 nitrogen and oxygen atoms in total. The average molecular weight is 369 g/mol. The summed E-state index contributed by atoms with van der Waals surface area (Å²) in [6.45, 7) is 0. The Hall–Kier alpha value is -4.06. The Balaban J connectivity index is 1.84. The summed E-state index contributed by atoms with van der Waals surface area (Å²) < 4.78 is 5.33. The smallest absolute Gasteiger partial charge is 0.364 e. The van der Waals surface area contributed by atoms with E-state index in [0.717, 1.165) is 0 Å². The minimum absolute atomic E-state index is 0.116. The topological polar surface area (TPSA) is 84.6 Å². The predicted molar refractivity (Wildman–Crippen MR) is 108 cm³/mol. The first-order valence-corrected chi connectivity index (χ1v) is 8.61. The van der Waals surface area contributed by atoms with Crippen molar-refractivity contribution in [3.8, 4) is 0 Å². The number of aromatic nitrogens is 1. The molecule has 0 fully saturated rings. The second kappa shape index (κ2) is 7.67. The maximum atomic E-state index is 13.1. The van der Waals surface area contributed by atoms with E-state index in [1.54, 1.807) is 66.7 Å². The van der Waals surface area contributed by atoms with E-state index in [1.807, 2.05) is 18.2 Å². The molecule has 3 aromatic carbocycles. The van der Waals surface area contributed by atoms with Crippen LogP contribution in [0.15, 0.2) is 99.2 Å².